The predicted octanol–water partition coefficient (Wildman–Crippen LogP) is 2.55. The molecule has 2 atom stereocenters. The summed E-state index contributed by atoms with van der Waals surface area (Å²) in [5, 5.41) is 12.2. The number of nitro groups is 1. The molecule has 1 amide bonds. The summed E-state index contributed by atoms with van der Waals surface area (Å²) >= 11 is 0. The standard InChI is InChI=1S/C24H26N4O5/c1-33-9-8-25-14-17(19-4-2-3-5-21(19)25)11-23(29)26-12-16-10-18(15-26)20-6-7-22(28(31)32)24(30)27(20)13-16/h2-7,14,16,18H,8-13,15H2,1H3/t16-,18+/m0/s1. The molecule has 4 heterocycles. The number of carbonyl (C=O) groups is 1. The quantitative estimate of drug-likeness (QED) is 0.425. The second kappa shape index (κ2) is 8.47. The van der Waals surface area contributed by atoms with Crippen LogP contribution in [0.25, 0.3) is 10.9 Å². The molecule has 9 nitrogen and oxygen atoms in total. The first-order valence-electron chi connectivity index (χ1n) is 11.2. The van der Waals surface area contributed by atoms with E-state index in [-0.39, 0.29) is 17.7 Å². The average Bonchev–Trinajstić information content (AvgIpc) is 3.15. The molecular weight excluding hydrogens is 424 g/mol. The Morgan fingerprint density at radius 3 is 2.79 bits per heavy atom. The number of ether oxygens (including phenoxy) is 1. The summed E-state index contributed by atoms with van der Waals surface area (Å²) < 4.78 is 8.89. The lowest BCUT2D eigenvalue weighted by Crippen LogP contribution is -2.49. The molecule has 0 N–H and O–H groups in total. The molecule has 5 rings (SSSR count). The van der Waals surface area contributed by atoms with Crippen molar-refractivity contribution in [2.45, 2.75) is 31.8 Å². The van der Waals surface area contributed by atoms with Crippen molar-refractivity contribution >= 4 is 22.5 Å². The normalized spacial score (nSPS) is 19.5. The number of methoxy groups -OCH3 is 1. The van der Waals surface area contributed by atoms with Crippen molar-refractivity contribution in [3.05, 3.63) is 74.3 Å². The van der Waals surface area contributed by atoms with Crippen LogP contribution in [0.2, 0.25) is 0 Å². The molecule has 2 bridgehead atoms. The van der Waals surface area contributed by atoms with Crippen LogP contribution in [0.3, 0.4) is 0 Å². The van der Waals surface area contributed by atoms with Gasteiger partial charge in [0.05, 0.1) is 18.0 Å². The van der Waals surface area contributed by atoms with E-state index in [2.05, 4.69) is 10.6 Å². The molecule has 2 aliphatic rings. The van der Waals surface area contributed by atoms with Crippen LogP contribution >= 0.6 is 0 Å². The first-order valence-corrected chi connectivity index (χ1v) is 11.2. The van der Waals surface area contributed by atoms with Crippen molar-refractivity contribution in [2.24, 2.45) is 5.92 Å². The van der Waals surface area contributed by atoms with Crippen molar-refractivity contribution in [3.63, 3.8) is 0 Å². The summed E-state index contributed by atoms with van der Waals surface area (Å²) in [6.45, 7) is 2.81. The minimum Gasteiger partial charge on any atom is -0.383 e. The van der Waals surface area contributed by atoms with Gasteiger partial charge in [0.25, 0.3) is 0 Å². The summed E-state index contributed by atoms with van der Waals surface area (Å²) in [7, 11) is 1.67. The highest BCUT2D eigenvalue weighted by Gasteiger charge is 2.37. The number of pyridine rings is 1. The van der Waals surface area contributed by atoms with Gasteiger partial charge in [0.2, 0.25) is 5.91 Å². The third-order valence-electron chi connectivity index (χ3n) is 6.88. The molecular formula is C24H26N4O5. The molecule has 0 aliphatic carbocycles. The number of hydrogen-bond donors (Lipinski definition) is 0. The fraction of sp³-hybridized carbons (Fsp3) is 0.417. The molecule has 0 saturated carbocycles. The summed E-state index contributed by atoms with van der Waals surface area (Å²) in [6, 6.07) is 11.0. The molecule has 33 heavy (non-hydrogen) atoms. The van der Waals surface area contributed by atoms with Gasteiger partial charge in [-0.25, -0.2) is 0 Å². The van der Waals surface area contributed by atoms with Gasteiger partial charge in [-0.1, -0.05) is 18.2 Å². The number of para-hydroxylation sites is 1. The molecule has 2 aliphatic heterocycles. The molecule has 3 aromatic rings. The van der Waals surface area contributed by atoms with E-state index in [1.807, 2.05) is 29.3 Å². The zero-order valence-electron chi connectivity index (χ0n) is 18.5. The lowest BCUT2D eigenvalue weighted by Gasteiger charge is -2.42. The average molecular weight is 450 g/mol. The summed E-state index contributed by atoms with van der Waals surface area (Å²) in [6.07, 6.45) is 3.24. The van der Waals surface area contributed by atoms with Gasteiger partial charge in [-0.3, -0.25) is 19.7 Å². The summed E-state index contributed by atoms with van der Waals surface area (Å²) in [5.41, 5.74) is 1.93. The Balaban J connectivity index is 1.38. The fourth-order valence-corrected chi connectivity index (χ4v) is 5.39. The number of carbonyl (C=O) groups excluding carboxylic acids is 1. The van der Waals surface area contributed by atoms with E-state index in [9.17, 15) is 19.7 Å². The molecule has 0 spiro atoms. The number of piperidine rings is 1. The predicted molar refractivity (Wildman–Crippen MR) is 122 cm³/mol. The number of rotatable bonds is 6. The van der Waals surface area contributed by atoms with Crippen LogP contribution in [0.1, 0.15) is 23.6 Å². The Hall–Kier alpha value is -3.46. The minimum atomic E-state index is -0.626. The lowest BCUT2D eigenvalue weighted by molar-refractivity contribution is -0.386. The van der Waals surface area contributed by atoms with Gasteiger partial charge in [-0.15, -0.1) is 0 Å². The van der Waals surface area contributed by atoms with Gasteiger partial charge < -0.3 is 18.8 Å². The highest BCUT2D eigenvalue weighted by Crippen LogP contribution is 2.36. The van der Waals surface area contributed by atoms with Gasteiger partial charge >= 0.3 is 11.2 Å². The summed E-state index contributed by atoms with van der Waals surface area (Å²) in [5.74, 6) is 0.193. The number of hydrogen-bond acceptors (Lipinski definition) is 5. The van der Waals surface area contributed by atoms with Crippen molar-refractivity contribution in [2.75, 3.05) is 26.8 Å². The third-order valence-corrected chi connectivity index (χ3v) is 6.88. The summed E-state index contributed by atoms with van der Waals surface area (Å²) in [4.78, 5) is 38.3. The molecule has 1 aromatic carbocycles. The van der Waals surface area contributed by atoms with Crippen molar-refractivity contribution in [3.8, 4) is 0 Å². The van der Waals surface area contributed by atoms with Crippen LogP contribution in [0.5, 0.6) is 0 Å². The zero-order valence-corrected chi connectivity index (χ0v) is 18.5. The Bertz CT molecular complexity index is 1290. The topological polar surface area (TPSA) is 99.6 Å². The van der Waals surface area contributed by atoms with Crippen LogP contribution < -0.4 is 5.56 Å². The van der Waals surface area contributed by atoms with Gasteiger partial charge in [0.15, 0.2) is 0 Å². The molecule has 1 saturated heterocycles. The van der Waals surface area contributed by atoms with E-state index in [1.54, 1.807) is 17.7 Å². The first kappa shape index (κ1) is 21.4. The molecule has 9 heteroatoms. The van der Waals surface area contributed by atoms with E-state index >= 15 is 0 Å². The van der Waals surface area contributed by atoms with Crippen LogP contribution in [-0.4, -0.2) is 51.7 Å². The Morgan fingerprint density at radius 1 is 1.18 bits per heavy atom. The van der Waals surface area contributed by atoms with Crippen molar-refractivity contribution < 1.29 is 14.5 Å². The van der Waals surface area contributed by atoms with Crippen molar-refractivity contribution in [1.82, 2.24) is 14.0 Å². The Kier molecular flexibility index (Phi) is 5.49. The SMILES string of the molecule is COCCn1cc(CC(=O)N2C[C@@H]3C[C@H](C2)c2ccc([N+](=O)[O-])c(=O)n2C3)c2ccccc21. The smallest absolute Gasteiger partial charge is 0.334 e. The van der Waals surface area contributed by atoms with Crippen LogP contribution in [0.4, 0.5) is 5.69 Å². The molecule has 172 valence electrons. The number of benzene rings is 1. The van der Waals surface area contributed by atoms with Gasteiger partial charge in [0, 0.05) is 68.1 Å². The third kappa shape index (κ3) is 3.82. The van der Waals surface area contributed by atoms with Gasteiger partial charge in [-0.2, -0.15) is 0 Å². The maximum Gasteiger partial charge on any atom is 0.334 e. The Morgan fingerprint density at radius 2 is 2.00 bits per heavy atom. The van der Waals surface area contributed by atoms with E-state index in [0.717, 1.165) is 35.1 Å². The number of amides is 1. The minimum absolute atomic E-state index is 0.0120. The lowest BCUT2D eigenvalue weighted by atomic mass is 9.83. The zero-order chi connectivity index (χ0) is 23.1. The van der Waals surface area contributed by atoms with E-state index in [0.29, 0.717) is 32.7 Å². The molecule has 2 aromatic heterocycles. The van der Waals surface area contributed by atoms with Gasteiger partial charge in [0.1, 0.15) is 0 Å². The van der Waals surface area contributed by atoms with E-state index in [1.165, 1.54) is 6.07 Å². The number of fused-ring (bicyclic) bond motifs is 5. The maximum absolute atomic E-state index is 13.3. The molecule has 1 fully saturated rings. The number of aromatic nitrogens is 2. The van der Waals surface area contributed by atoms with E-state index < -0.39 is 16.2 Å². The van der Waals surface area contributed by atoms with Crippen molar-refractivity contribution in [1.29, 1.82) is 0 Å². The largest absolute Gasteiger partial charge is 0.383 e. The second-order valence-electron chi connectivity index (χ2n) is 8.95. The molecule has 0 unspecified atom stereocenters. The second-order valence-corrected chi connectivity index (χ2v) is 8.95. The highest BCUT2D eigenvalue weighted by atomic mass is 16.6. The van der Waals surface area contributed by atoms with Crippen LogP contribution in [-0.2, 0) is 29.0 Å². The maximum atomic E-state index is 13.3. The van der Waals surface area contributed by atoms with Gasteiger partial charge in [-0.05, 0) is 30.0 Å². The Labute approximate surface area is 190 Å². The molecule has 0 radical (unpaired) electrons. The van der Waals surface area contributed by atoms with Crippen LogP contribution in [0.15, 0.2) is 47.4 Å². The monoisotopic (exact) mass is 450 g/mol. The highest BCUT2D eigenvalue weighted by molar-refractivity contribution is 5.89. The van der Waals surface area contributed by atoms with E-state index in [4.69, 9.17) is 4.74 Å². The first-order chi connectivity index (χ1) is 16.0. The number of likely N-dealkylation sites (tertiary alicyclic amines) is 1. The number of nitrogens with zero attached hydrogens (tertiary/aromatic N) is 4. The van der Waals surface area contributed by atoms with Crippen LogP contribution in [0, 0.1) is 16.0 Å². The fourth-order valence-electron chi connectivity index (χ4n) is 5.39.